The summed E-state index contributed by atoms with van der Waals surface area (Å²) in [5.74, 6) is 1.66. The molecule has 2 N–H and O–H groups in total. The molecule has 0 saturated carbocycles. The number of nitrogens with one attached hydrogen (secondary N) is 1. The van der Waals surface area contributed by atoms with E-state index in [1.165, 1.54) is 10.4 Å². The number of benzene rings is 1. The number of aromatic hydroxyl groups is 1. The Morgan fingerprint density at radius 1 is 1.15 bits per heavy atom. The van der Waals surface area contributed by atoms with E-state index in [4.69, 9.17) is 0 Å². The summed E-state index contributed by atoms with van der Waals surface area (Å²) in [5.41, 5.74) is 4.78. The minimum absolute atomic E-state index is 0.0360. The molecule has 1 aliphatic carbocycles. The number of nitriles is 1. The number of phenols is 1. The number of fused-ring (bicyclic) bond motifs is 1. The number of thiophene rings is 1. The number of hydrogen-bond donors (Lipinski definition) is 2. The largest absolute Gasteiger partial charge is 0.507 e. The fourth-order valence-electron chi connectivity index (χ4n) is 4.30. The summed E-state index contributed by atoms with van der Waals surface area (Å²) in [6.45, 7) is 12.8. The molecule has 1 aliphatic rings. The van der Waals surface area contributed by atoms with Gasteiger partial charge in [0.25, 0.3) is 0 Å². The summed E-state index contributed by atoms with van der Waals surface area (Å²) in [6.07, 6.45) is 4.95. The lowest BCUT2D eigenvalue weighted by Crippen LogP contribution is -2.18. The van der Waals surface area contributed by atoms with Crippen LogP contribution in [0.2, 0.25) is 0 Å². The second kappa shape index (κ2) is 10.1. The summed E-state index contributed by atoms with van der Waals surface area (Å²) in [7, 11) is 0. The first-order valence-electron chi connectivity index (χ1n) is 11.7. The number of rotatable bonds is 7. The maximum Gasteiger partial charge on any atom is 0.235 e. The summed E-state index contributed by atoms with van der Waals surface area (Å²) >= 11 is 3.19. The minimum atomic E-state index is -0.128. The first kappa shape index (κ1) is 25.6. The van der Waals surface area contributed by atoms with Gasteiger partial charge in [-0.05, 0) is 70.9 Å². The predicted molar refractivity (Wildman–Crippen MR) is 141 cm³/mol. The fraction of sp³-hybridized carbons (Fsp3) is 0.556. The molecule has 0 radical (unpaired) electrons. The molecule has 1 aromatic carbocycles. The Kier molecular flexibility index (Phi) is 7.86. The summed E-state index contributed by atoms with van der Waals surface area (Å²) < 4.78 is 0. The van der Waals surface area contributed by atoms with E-state index in [0.29, 0.717) is 17.1 Å². The molecule has 0 atom stereocenters. The van der Waals surface area contributed by atoms with Gasteiger partial charge >= 0.3 is 0 Å². The van der Waals surface area contributed by atoms with Crippen LogP contribution in [0.5, 0.6) is 5.75 Å². The molecule has 4 nitrogen and oxygen atoms in total. The number of aryl methyl sites for hydroxylation is 2. The van der Waals surface area contributed by atoms with Gasteiger partial charge in [-0.25, -0.2) is 0 Å². The Hall–Kier alpha value is -1.97. The number of amides is 1. The second-order valence-corrected chi connectivity index (χ2v) is 13.1. The van der Waals surface area contributed by atoms with Gasteiger partial charge in [0.15, 0.2) is 0 Å². The third-order valence-corrected chi connectivity index (χ3v) is 8.31. The first-order chi connectivity index (χ1) is 15.4. The SMILES string of the molecule is CC(C)(C)c1cc(CCCSCC(=O)Nc2sc3c(c2C#N)CCC3)cc(C(C)(C)C)c1O. The molecular formula is C27H36N2O2S2. The zero-order valence-electron chi connectivity index (χ0n) is 20.7. The van der Waals surface area contributed by atoms with Crippen LogP contribution in [0.1, 0.15) is 87.1 Å². The smallest absolute Gasteiger partial charge is 0.235 e. The van der Waals surface area contributed by atoms with Crippen LogP contribution in [-0.4, -0.2) is 22.5 Å². The van der Waals surface area contributed by atoms with E-state index in [-0.39, 0.29) is 16.7 Å². The predicted octanol–water partition coefficient (Wildman–Crippen LogP) is 6.71. The molecule has 0 spiro atoms. The molecule has 6 heteroatoms. The lowest BCUT2D eigenvalue weighted by atomic mass is 9.78. The molecule has 0 bridgehead atoms. The van der Waals surface area contributed by atoms with E-state index < -0.39 is 0 Å². The van der Waals surface area contributed by atoms with Gasteiger partial charge in [-0.2, -0.15) is 17.0 Å². The van der Waals surface area contributed by atoms with Crippen LogP contribution in [0.25, 0.3) is 0 Å². The number of thioether (sulfide) groups is 1. The molecular weight excluding hydrogens is 448 g/mol. The monoisotopic (exact) mass is 484 g/mol. The normalized spacial score (nSPS) is 13.6. The van der Waals surface area contributed by atoms with Crippen LogP contribution in [0.4, 0.5) is 5.00 Å². The Morgan fingerprint density at radius 2 is 1.79 bits per heavy atom. The van der Waals surface area contributed by atoms with Gasteiger partial charge < -0.3 is 10.4 Å². The van der Waals surface area contributed by atoms with Crippen molar-refractivity contribution >= 4 is 34.0 Å². The van der Waals surface area contributed by atoms with Crippen molar-refractivity contribution in [3.05, 3.63) is 44.8 Å². The van der Waals surface area contributed by atoms with E-state index in [1.807, 2.05) is 0 Å². The van der Waals surface area contributed by atoms with Crippen molar-refractivity contribution < 1.29 is 9.90 Å². The molecule has 3 rings (SSSR count). The molecule has 0 saturated heterocycles. The van der Waals surface area contributed by atoms with Gasteiger partial charge in [0.2, 0.25) is 5.91 Å². The molecule has 0 aliphatic heterocycles. The van der Waals surface area contributed by atoms with Gasteiger partial charge in [0.05, 0.1) is 11.3 Å². The lowest BCUT2D eigenvalue weighted by Gasteiger charge is -2.28. The quantitative estimate of drug-likeness (QED) is 0.428. The Labute approximate surface area is 206 Å². The maximum absolute atomic E-state index is 12.4. The summed E-state index contributed by atoms with van der Waals surface area (Å²) in [5, 5.41) is 24.0. The topological polar surface area (TPSA) is 73.1 Å². The van der Waals surface area contributed by atoms with Crippen molar-refractivity contribution in [2.24, 2.45) is 0 Å². The van der Waals surface area contributed by atoms with Gasteiger partial charge in [0, 0.05) is 4.88 Å². The van der Waals surface area contributed by atoms with Gasteiger partial charge in [0.1, 0.15) is 16.8 Å². The van der Waals surface area contributed by atoms with Crippen LogP contribution in [-0.2, 0) is 34.9 Å². The Balaban J connectivity index is 1.54. The number of carbonyl (C=O) groups excluding carboxylic acids is 1. The summed E-state index contributed by atoms with van der Waals surface area (Å²) in [4.78, 5) is 13.7. The molecule has 2 aromatic rings. The van der Waals surface area contributed by atoms with Crippen molar-refractivity contribution in [1.29, 1.82) is 5.26 Å². The molecule has 0 unspecified atom stereocenters. The summed E-state index contributed by atoms with van der Waals surface area (Å²) in [6, 6.07) is 6.56. The van der Waals surface area contributed by atoms with Crippen molar-refractivity contribution in [3.8, 4) is 11.8 Å². The highest BCUT2D eigenvalue weighted by Crippen LogP contribution is 2.40. The Bertz CT molecular complexity index is 1030. The van der Waals surface area contributed by atoms with Crippen LogP contribution in [0.15, 0.2) is 12.1 Å². The third kappa shape index (κ3) is 6.13. The highest BCUT2D eigenvalue weighted by Gasteiger charge is 2.26. The van der Waals surface area contributed by atoms with E-state index in [1.54, 1.807) is 23.1 Å². The minimum Gasteiger partial charge on any atom is -0.507 e. The number of anilines is 1. The third-order valence-electron chi connectivity index (χ3n) is 6.06. The number of phenolic OH excluding ortho intramolecular Hbond substituents is 1. The van der Waals surface area contributed by atoms with Crippen LogP contribution >= 0.6 is 23.1 Å². The Morgan fingerprint density at radius 3 is 2.36 bits per heavy atom. The van der Waals surface area contributed by atoms with Crippen molar-refractivity contribution in [3.63, 3.8) is 0 Å². The fourth-order valence-corrected chi connectivity index (χ4v) is 6.30. The second-order valence-electron chi connectivity index (χ2n) is 10.9. The number of carbonyl (C=O) groups is 1. The molecule has 1 aromatic heterocycles. The van der Waals surface area contributed by atoms with Gasteiger partial charge in [-0.3, -0.25) is 4.79 Å². The van der Waals surface area contributed by atoms with Gasteiger partial charge in [-0.15, -0.1) is 11.3 Å². The highest BCUT2D eigenvalue weighted by atomic mass is 32.2. The van der Waals surface area contributed by atoms with E-state index in [9.17, 15) is 15.2 Å². The number of nitrogens with zero attached hydrogens (tertiary/aromatic N) is 1. The average molecular weight is 485 g/mol. The zero-order chi connectivity index (χ0) is 24.4. The van der Waals surface area contributed by atoms with Gasteiger partial charge in [-0.1, -0.05) is 53.7 Å². The first-order valence-corrected chi connectivity index (χ1v) is 13.7. The van der Waals surface area contributed by atoms with Crippen molar-refractivity contribution in [2.45, 2.75) is 84.5 Å². The van der Waals surface area contributed by atoms with Crippen LogP contribution in [0.3, 0.4) is 0 Å². The molecule has 33 heavy (non-hydrogen) atoms. The van der Waals surface area contributed by atoms with Crippen molar-refractivity contribution in [2.75, 3.05) is 16.8 Å². The molecule has 1 amide bonds. The molecule has 0 fully saturated rings. The van der Waals surface area contributed by atoms with Crippen LogP contribution in [0, 0.1) is 11.3 Å². The zero-order valence-corrected chi connectivity index (χ0v) is 22.4. The lowest BCUT2D eigenvalue weighted by molar-refractivity contribution is -0.113. The maximum atomic E-state index is 12.4. The van der Waals surface area contributed by atoms with Crippen LogP contribution < -0.4 is 5.32 Å². The van der Waals surface area contributed by atoms with E-state index in [0.717, 1.165) is 59.5 Å². The van der Waals surface area contributed by atoms with Crippen molar-refractivity contribution in [1.82, 2.24) is 0 Å². The highest BCUT2D eigenvalue weighted by molar-refractivity contribution is 7.99. The van der Waals surface area contributed by atoms with E-state index >= 15 is 0 Å². The molecule has 1 heterocycles. The van der Waals surface area contributed by atoms with E-state index in [2.05, 4.69) is 65.1 Å². The standard InChI is InChI=1S/C27H36N2O2S2/c1-26(2,3)20-13-17(14-21(24(20)31)27(4,5)6)9-8-12-32-16-23(30)29-25-19(15-28)18-10-7-11-22(18)33-25/h13-14,31H,7-12,16H2,1-6H3,(H,29,30). The number of hydrogen-bond acceptors (Lipinski definition) is 5. The molecule has 178 valence electrons. The average Bonchev–Trinajstić information content (AvgIpc) is 3.27.